The SMILES string of the molecule is CC1CC=Cc2c1c1c(n2-c2ccc3c(c2)OC2=CCCC=C2C32C3=C(CCC=C3)Oc3ccc(-n4c5ccccc5c5ccccc54)cc32)CCC=C1. The second-order valence-electron chi connectivity index (χ2n) is 15.7. The van der Waals surface area contributed by atoms with Crippen LogP contribution in [0.3, 0.4) is 0 Å². The average Bonchev–Trinajstić information content (AvgIpc) is 3.74. The van der Waals surface area contributed by atoms with E-state index in [2.05, 4.69) is 150 Å². The van der Waals surface area contributed by atoms with Crippen LogP contribution < -0.4 is 9.47 Å². The first-order valence-electron chi connectivity index (χ1n) is 19.8. The van der Waals surface area contributed by atoms with Gasteiger partial charge in [0.2, 0.25) is 0 Å². The number of benzene rings is 4. The van der Waals surface area contributed by atoms with Crippen LogP contribution in [0.15, 0.2) is 144 Å². The lowest BCUT2D eigenvalue weighted by atomic mass is 9.59. The summed E-state index contributed by atoms with van der Waals surface area (Å²) in [5, 5.41) is 2.52. The smallest absolute Gasteiger partial charge is 0.134 e. The van der Waals surface area contributed by atoms with Crippen LogP contribution in [0.5, 0.6) is 11.5 Å². The molecule has 4 nitrogen and oxygen atoms in total. The standard InChI is InChI=1S/C50H40N2O2/c1-31-13-12-22-44-49(31)36-16-4-9-21-43(36)52(44)33-25-27-39-48(30-33)54-46-24-11-6-18-38(46)50(39)37-17-5-10-23-45(37)53-47-28-26-32(29-40(47)50)51-41-19-7-2-14-34(41)35-15-3-8-20-42(35)51/h2-5,7-8,12,14-20,22,24-31H,6,9-11,13,21,23H2,1H3. The molecule has 4 heterocycles. The molecule has 0 saturated carbocycles. The van der Waals surface area contributed by atoms with Gasteiger partial charge in [-0.25, -0.2) is 0 Å². The molecule has 2 unspecified atom stereocenters. The number of para-hydroxylation sites is 2. The Morgan fingerprint density at radius 3 is 2.28 bits per heavy atom. The lowest BCUT2D eigenvalue weighted by Gasteiger charge is -2.48. The number of hydrogen-bond acceptors (Lipinski definition) is 2. The fourth-order valence-corrected chi connectivity index (χ4v) is 10.6. The van der Waals surface area contributed by atoms with Gasteiger partial charge in [0.05, 0.1) is 16.4 Å². The zero-order valence-electron chi connectivity index (χ0n) is 30.4. The van der Waals surface area contributed by atoms with Gasteiger partial charge in [0, 0.05) is 68.3 Å². The predicted molar refractivity (Wildman–Crippen MR) is 219 cm³/mol. The van der Waals surface area contributed by atoms with Crippen molar-refractivity contribution in [3.63, 3.8) is 0 Å². The van der Waals surface area contributed by atoms with E-state index in [1.54, 1.807) is 0 Å². The lowest BCUT2D eigenvalue weighted by molar-refractivity contribution is 0.335. The molecule has 6 aliphatic rings. The van der Waals surface area contributed by atoms with Crippen LogP contribution in [0, 0.1) is 0 Å². The zero-order chi connectivity index (χ0) is 35.5. The molecule has 2 aromatic heterocycles. The lowest BCUT2D eigenvalue weighted by Crippen LogP contribution is -2.42. The Kier molecular flexibility index (Phi) is 6.35. The molecule has 0 N–H and O–H groups in total. The van der Waals surface area contributed by atoms with Crippen LogP contribution in [-0.4, -0.2) is 9.13 Å². The molecule has 1 spiro atoms. The Balaban J connectivity index is 1.14. The van der Waals surface area contributed by atoms with Crippen molar-refractivity contribution in [2.75, 3.05) is 0 Å². The molecule has 0 amide bonds. The molecule has 0 saturated heterocycles. The summed E-state index contributed by atoms with van der Waals surface area (Å²) in [6.07, 6.45) is 25.8. The molecule has 4 heteroatoms. The van der Waals surface area contributed by atoms with Crippen molar-refractivity contribution in [1.29, 1.82) is 0 Å². The number of ether oxygens (including phenoxy) is 2. The highest BCUT2D eigenvalue weighted by Crippen LogP contribution is 2.61. The zero-order valence-corrected chi connectivity index (χ0v) is 30.4. The van der Waals surface area contributed by atoms with Crippen molar-refractivity contribution in [2.45, 2.75) is 63.2 Å². The highest BCUT2D eigenvalue weighted by Gasteiger charge is 2.53. The van der Waals surface area contributed by atoms with Crippen LogP contribution in [0.2, 0.25) is 0 Å². The maximum Gasteiger partial charge on any atom is 0.134 e. The van der Waals surface area contributed by atoms with E-state index in [4.69, 9.17) is 9.47 Å². The van der Waals surface area contributed by atoms with E-state index in [0.29, 0.717) is 5.92 Å². The van der Waals surface area contributed by atoms with Crippen molar-refractivity contribution < 1.29 is 9.47 Å². The summed E-state index contributed by atoms with van der Waals surface area (Å²) in [6.45, 7) is 2.37. The van der Waals surface area contributed by atoms with Crippen LogP contribution in [0.4, 0.5) is 0 Å². The van der Waals surface area contributed by atoms with E-state index in [9.17, 15) is 0 Å². The monoisotopic (exact) mass is 700 g/mol. The van der Waals surface area contributed by atoms with Crippen molar-refractivity contribution in [3.05, 3.63) is 178 Å². The van der Waals surface area contributed by atoms with Crippen LogP contribution >= 0.6 is 0 Å². The van der Waals surface area contributed by atoms with Crippen LogP contribution in [0.25, 0.3) is 45.3 Å². The van der Waals surface area contributed by atoms with Crippen molar-refractivity contribution >= 4 is 34.0 Å². The molecule has 4 aliphatic carbocycles. The summed E-state index contributed by atoms with van der Waals surface area (Å²) < 4.78 is 19.0. The van der Waals surface area contributed by atoms with Gasteiger partial charge in [-0.1, -0.05) is 85.8 Å². The van der Waals surface area contributed by atoms with Gasteiger partial charge in [-0.15, -0.1) is 0 Å². The van der Waals surface area contributed by atoms with Crippen molar-refractivity contribution in [2.24, 2.45) is 0 Å². The molecule has 6 aromatic rings. The molecule has 2 aliphatic heterocycles. The quantitative estimate of drug-likeness (QED) is 0.180. The van der Waals surface area contributed by atoms with E-state index in [1.165, 1.54) is 72.3 Å². The molecular weight excluding hydrogens is 661 g/mol. The maximum atomic E-state index is 7.08. The first-order chi connectivity index (χ1) is 26.7. The Morgan fingerprint density at radius 1 is 0.648 bits per heavy atom. The molecule has 54 heavy (non-hydrogen) atoms. The van der Waals surface area contributed by atoms with Gasteiger partial charge in [0.15, 0.2) is 0 Å². The van der Waals surface area contributed by atoms with Gasteiger partial charge in [0.1, 0.15) is 23.0 Å². The Bertz CT molecular complexity index is 2770. The minimum atomic E-state index is -0.598. The van der Waals surface area contributed by atoms with Crippen molar-refractivity contribution in [3.8, 4) is 22.9 Å². The molecule has 12 rings (SSSR count). The van der Waals surface area contributed by atoms with E-state index in [-0.39, 0.29) is 0 Å². The minimum Gasteiger partial charge on any atom is -0.461 e. The van der Waals surface area contributed by atoms with Crippen LogP contribution in [-0.2, 0) is 11.8 Å². The number of allylic oxidation sites excluding steroid dienone is 9. The third kappa shape index (κ3) is 3.98. The van der Waals surface area contributed by atoms with Gasteiger partial charge in [-0.2, -0.15) is 0 Å². The molecule has 0 fully saturated rings. The highest BCUT2D eigenvalue weighted by atomic mass is 16.5. The first-order valence-corrected chi connectivity index (χ1v) is 19.8. The summed E-state index contributed by atoms with van der Waals surface area (Å²) in [5.41, 5.74) is 14.5. The molecule has 2 atom stereocenters. The number of nitrogens with zero attached hydrogens (tertiary/aromatic N) is 2. The second-order valence-corrected chi connectivity index (χ2v) is 15.7. The first kappa shape index (κ1) is 30.5. The van der Waals surface area contributed by atoms with Gasteiger partial charge < -0.3 is 18.6 Å². The molecule has 0 bridgehead atoms. The molecule has 0 radical (unpaired) electrons. The maximum absolute atomic E-state index is 7.08. The summed E-state index contributed by atoms with van der Waals surface area (Å²) in [4.78, 5) is 0. The average molecular weight is 701 g/mol. The predicted octanol–water partition coefficient (Wildman–Crippen LogP) is 12.3. The topological polar surface area (TPSA) is 28.3 Å². The third-order valence-corrected chi connectivity index (χ3v) is 12.8. The minimum absolute atomic E-state index is 0.492. The van der Waals surface area contributed by atoms with Crippen LogP contribution in [0.1, 0.15) is 85.0 Å². The number of fused-ring (bicyclic) bond motifs is 13. The molecule has 4 aromatic carbocycles. The van der Waals surface area contributed by atoms with E-state index >= 15 is 0 Å². The molecule has 262 valence electrons. The third-order valence-electron chi connectivity index (χ3n) is 12.8. The fraction of sp³-hybridized carbons (Fsp3) is 0.200. The van der Waals surface area contributed by atoms with E-state index in [0.717, 1.165) is 73.7 Å². The number of aromatic nitrogens is 2. The van der Waals surface area contributed by atoms with Gasteiger partial charge in [0.25, 0.3) is 0 Å². The normalized spacial score (nSPS) is 21.8. The second kappa shape index (κ2) is 11.3. The van der Waals surface area contributed by atoms with Crippen molar-refractivity contribution in [1.82, 2.24) is 9.13 Å². The largest absolute Gasteiger partial charge is 0.461 e. The number of rotatable bonds is 2. The summed E-state index contributed by atoms with van der Waals surface area (Å²) in [6, 6.07) is 31.5. The summed E-state index contributed by atoms with van der Waals surface area (Å²) >= 11 is 0. The van der Waals surface area contributed by atoms with E-state index < -0.39 is 5.41 Å². The highest BCUT2D eigenvalue weighted by molar-refractivity contribution is 6.09. The van der Waals surface area contributed by atoms with Gasteiger partial charge in [-0.05, 0) is 104 Å². The molecular formula is C50H40N2O2. The van der Waals surface area contributed by atoms with Gasteiger partial charge >= 0.3 is 0 Å². The summed E-state index contributed by atoms with van der Waals surface area (Å²) in [7, 11) is 0. The van der Waals surface area contributed by atoms with E-state index in [1.807, 2.05) is 0 Å². The summed E-state index contributed by atoms with van der Waals surface area (Å²) in [5.74, 6) is 4.38. The Morgan fingerprint density at radius 2 is 1.41 bits per heavy atom. The number of hydrogen-bond donors (Lipinski definition) is 0. The Labute approximate surface area is 315 Å². The fourth-order valence-electron chi connectivity index (χ4n) is 10.6. The van der Waals surface area contributed by atoms with Gasteiger partial charge in [-0.3, -0.25) is 0 Å². The Hall–Kier alpha value is -6.00.